The number of benzene rings is 1. The summed E-state index contributed by atoms with van der Waals surface area (Å²) in [6, 6.07) is 6.53. The van der Waals surface area contributed by atoms with Gasteiger partial charge in [0.05, 0.1) is 12.0 Å². The van der Waals surface area contributed by atoms with Crippen molar-refractivity contribution in [2.75, 3.05) is 11.4 Å². The van der Waals surface area contributed by atoms with Crippen LogP contribution in [0.1, 0.15) is 24.8 Å². The van der Waals surface area contributed by atoms with E-state index in [2.05, 4.69) is 0 Å². The lowest BCUT2D eigenvalue weighted by molar-refractivity contribution is -0.139. The minimum Gasteiger partial charge on any atom is -0.481 e. The molecule has 0 aromatic heterocycles. The summed E-state index contributed by atoms with van der Waals surface area (Å²) in [4.78, 5) is 24.8. The summed E-state index contributed by atoms with van der Waals surface area (Å²) in [7, 11) is 0. The van der Waals surface area contributed by atoms with Crippen LogP contribution in [0, 0.1) is 0 Å². The number of carbonyl (C=O) groups excluding carboxylic acids is 1. The molecule has 2 rings (SSSR count). The Bertz CT molecular complexity index is 485. The fraction of sp³-hybridized carbons (Fsp3) is 0.385. The van der Waals surface area contributed by atoms with E-state index in [0.717, 1.165) is 0 Å². The van der Waals surface area contributed by atoms with E-state index in [1.54, 1.807) is 36.1 Å². The first-order valence-electron chi connectivity index (χ1n) is 5.91. The van der Waals surface area contributed by atoms with Crippen LogP contribution in [-0.4, -0.2) is 29.6 Å². The van der Waals surface area contributed by atoms with Gasteiger partial charge in [-0.1, -0.05) is 18.2 Å². The van der Waals surface area contributed by atoms with Crippen LogP contribution in [0.25, 0.3) is 0 Å². The van der Waals surface area contributed by atoms with Crippen LogP contribution in [0.15, 0.2) is 24.3 Å². The zero-order valence-electron chi connectivity index (χ0n) is 10.2. The maximum absolute atomic E-state index is 12.0. The molecule has 5 heteroatoms. The van der Waals surface area contributed by atoms with Crippen LogP contribution in [0.3, 0.4) is 0 Å². The van der Waals surface area contributed by atoms with Crippen LogP contribution < -0.4 is 10.6 Å². The van der Waals surface area contributed by atoms with Gasteiger partial charge in [0, 0.05) is 12.2 Å². The number of hydrogen-bond donors (Lipinski definition) is 2. The molecule has 1 aliphatic heterocycles. The average molecular weight is 248 g/mol. The molecular formula is C13H16N2O3. The Morgan fingerprint density at radius 1 is 1.44 bits per heavy atom. The number of carbonyl (C=O) groups is 2. The third-order valence-electron chi connectivity index (χ3n) is 3.20. The lowest BCUT2D eigenvalue weighted by Crippen LogP contribution is -2.45. The Hall–Kier alpha value is -1.88. The largest absolute Gasteiger partial charge is 0.481 e. The molecule has 1 amide bonds. The predicted octanol–water partition coefficient (Wildman–Crippen LogP) is 0.939. The molecule has 0 spiro atoms. The minimum atomic E-state index is -0.852. The van der Waals surface area contributed by atoms with Gasteiger partial charge in [-0.15, -0.1) is 0 Å². The van der Waals surface area contributed by atoms with Crippen molar-refractivity contribution in [2.24, 2.45) is 5.73 Å². The van der Waals surface area contributed by atoms with Crippen LogP contribution in [-0.2, 0) is 9.59 Å². The number of anilines is 1. The Morgan fingerprint density at radius 3 is 2.72 bits per heavy atom. The number of carboxylic acid groups (broad SMARTS) is 1. The third-order valence-corrected chi connectivity index (χ3v) is 3.20. The van der Waals surface area contributed by atoms with Crippen LogP contribution in [0.4, 0.5) is 5.69 Å². The Morgan fingerprint density at radius 2 is 2.11 bits per heavy atom. The number of rotatable bonds is 2. The highest BCUT2D eigenvalue weighted by molar-refractivity contribution is 5.99. The van der Waals surface area contributed by atoms with Gasteiger partial charge in [-0.05, 0) is 25.0 Å². The fourth-order valence-electron chi connectivity index (χ4n) is 2.29. The van der Waals surface area contributed by atoms with Gasteiger partial charge >= 0.3 is 5.97 Å². The molecule has 1 unspecified atom stereocenters. The first-order valence-corrected chi connectivity index (χ1v) is 5.91. The lowest BCUT2D eigenvalue weighted by Gasteiger charge is -2.33. The van der Waals surface area contributed by atoms with Crippen molar-refractivity contribution >= 4 is 17.6 Å². The highest BCUT2D eigenvalue weighted by atomic mass is 16.4. The number of para-hydroxylation sites is 1. The summed E-state index contributed by atoms with van der Waals surface area (Å²) in [5, 5.41) is 9.19. The summed E-state index contributed by atoms with van der Waals surface area (Å²) < 4.78 is 0. The molecule has 1 aliphatic rings. The minimum absolute atomic E-state index is 0.175. The van der Waals surface area contributed by atoms with Crippen LogP contribution in [0.2, 0.25) is 0 Å². The highest BCUT2D eigenvalue weighted by Gasteiger charge is 2.32. The summed E-state index contributed by atoms with van der Waals surface area (Å²) in [6.45, 7) is 2.03. The fourth-order valence-corrected chi connectivity index (χ4v) is 2.29. The highest BCUT2D eigenvalue weighted by Crippen LogP contribution is 2.35. The Kier molecular flexibility index (Phi) is 3.34. The molecule has 1 aromatic rings. The second kappa shape index (κ2) is 4.78. The normalized spacial score (nSPS) is 20.1. The van der Waals surface area contributed by atoms with Gasteiger partial charge in [0.1, 0.15) is 0 Å². The van der Waals surface area contributed by atoms with E-state index in [1.807, 2.05) is 0 Å². The van der Waals surface area contributed by atoms with E-state index in [0.29, 0.717) is 24.2 Å². The van der Waals surface area contributed by atoms with E-state index in [4.69, 9.17) is 5.73 Å². The van der Waals surface area contributed by atoms with Gasteiger partial charge in [-0.25, -0.2) is 0 Å². The molecule has 1 heterocycles. The monoisotopic (exact) mass is 248 g/mol. The number of nitrogens with two attached hydrogens (primary N) is 1. The second-order valence-electron chi connectivity index (χ2n) is 4.52. The molecule has 0 fully saturated rings. The van der Waals surface area contributed by atoms with Gasteiger partial charge in [0.25, 0.3) is 0 Å². The van der Waals surface area contributed by atoms with Gasteiger partial charge in [-0.3, -0.25) is 9.59 Å². The number of fused-ring (bicyclic) bond motifs is 1. The summed E-state index contributed by atoms with van der Waals surface area (Å²) in [5.74, 6) is -1.57. The number of amides is 1. The van der Waals surface area contributed by atoms with E-state index in [1.165, 1.54) is 0 Å². The quantitative estimate of drug-likeness (QED) is 0.815. The van der Waals surface area contributed by atoms with Crippen molar-refractivity contribution in [1.29, 1.82) is 0 Å². The Balaban J connectivity index is 2.42. The standard InChI is InChI=1S/C13H16N2O3/c1-8(14)12(16)15-7-6-10(13(17)18)9-4-2-3-5-11(9)15/h2-5,8,10H,6-7,14H2,1H3,(H,17,18)/t8-,10?/m1/s1. The Labute approximate surface area is 105 Å². The van der Waals surface area contributed by atoms with Crippen molar-refractivity contribution in [1.82, 2.24) is 0 Å². The lowest BCUT2D eigenvalue weighted by atomic mass is 9.89. The van der Waals surface area contributed by atoms with E-state index in [-0.39, 0.29) is 5.91 Å². The molecule has 0 saturated carbocycles. The summed E-state index contributed by atoms with van der Waals surface area (Å²) in [6.07, 6.45) is 0.421. The predicted molar refractivity (Wildman–Crippen MR) is 67.4 cm³/mol. The smallest absolute Gasteiger partial charge is 0.311 e. The maximum Gasteiger partial charge on any atom is 0.311 e. The molecule has 18 heavy (non-hydrogen) atoms. The summed E-state index contributed by atoms with van der Waals surface area (Å²) in [5.41, 5.74) is 6.96. The van der Waals surface area contributed by atoms with Gasteiger partial charge < -0.3 is 15.7 Å². The number of aliphatic carboxylic acids is 1. The third kappa shape index (κ3) is 2.09. The van der Waals surface area contributed by atoms with Gasteiger partial charge in [-0.2, -0.15) is 0 Å². The molecule has 96 valence electrons. The molecule has 3 N–H and O–H groups in total. The zero-order valence-corrected chi connectivity index (χ0v) is 10.2. The topological polar surface area (TPSA) is 83.6 Å². The number of hydrogen-bond acceptors (Lipinski definition) is 3. The van der Waals surface area contributed by atoms with Crippen LogP contribution >= 0.6 is 0 Å². The first kappa shape index (κ1) is 12.6. The molecular weight excluding hydrogens is 232 g/mol. The van der Waals surface area contributed by atoms with E-state index in [9.17, 15) is 14.7 Å². The van der Waals surface area contributed by atoms with E-state index < -0.39 is 17.9 Å². The molecule has 5 nitrogen and oxygen atoms in total. The molecule has 2 atom stereocenters. The molecule has 0 bridgehead atoms. The first-order chi connectivity index (χ1) is 8.52. The number of nitrogens with zero attached hydrogens (tertiary/aromatic N) is 1. The number of carboxylic acids is 1. The van der Waals surface area contributed by atoms with Gasteiger partial charge in [0.15, 0.2) is 0 Å². The van der Waals surface area contributed by atoms with Crippen molar-refractivity contribution in [2.45, 2.75) is 25.3 Å². The molecule has 0 saturated heterocycles. The van der Waals surface area contributed by atoms with Crippen LogP contribution in [0.5, 0.6) is 0 Å². The molecule has 0 radical (unpaired) electrons. The van der Waals surface area contributed by atoms with Crippen molar-refractivity contribution in [3.8, 4) is 0 Å². The van der Waals surface area contributed by atoms with Crippen molar-refractivity contribution in [3.63, 3.8) is 0 Å². The zero-order chi connectivity index (χ0) is 13.3. The van der Waals surface area contributed by atoms with Crippen molar-refractivity contribution in [3.05, 3.63) is 29.8 Å². The van der Waals surface area contributed by atoms with Crippen molar-refractivity contribution < 1.29 is 14.7 Å². The summed E-state index contributed by atoms with van der Waals surface area (Å²) >= 11 is 0. The second-order valence-corrected chi connectivity index (χ2v) is 4.52. The average Bonchev–Trinajstić information content (AvgIpc) is 2.36. The molecule has 0 aliphatic carbocycles. The van der Waals surface area contributed by atoms with E-state index >= 15 is 0 Å². The molecule has 1 aromatic carbocycles. The SMILES string of the molecule is C[C@@H](N)C(=O)N1CCC(C(=O)O)c2ccccc21. The van der Waals surface area contributed by atoms with Gasteiger partial charge in [0.2, 0.25) is 5.91 Å². The maximum atomic E-state index is 12.0.